The molecule has 0 spiro atoms. The lowest BCUT2D eigenvalue weighted by Gasteiger charge is -1.96. The van der Waals surface area contributed by atoms with Crippen LogP contribution in [0.4, 0.5) is 0 Å². The highest BCUT2D eigenvalue weighted by molar-refractivity contribution is 5.26. The smallest absolute Gasteiger partial charge is 0.295 e. The molecular weight excluding hydrogens is 148 g/mol. The summed E-state index contributed by atoms with van der Waals surface area (Å²) in [5.74, 6) is -0.531. The van der Waals surface area contributed by atoms with E-state index < -0.39 is 16.4 Å². The maximum Gasteiger partial charge on any atom is 0.295 e. The molecule has 5 heteroatoms. The van der Waals surface area contributed by atoms with Gasteiger partial charge in [0, 0.05) is 6.08 Å². The number of nitro groups is 1. The van der Waals surface area contributed by atoms with E-state index in [2.05, 4.69) is 13.2 Å². The summed E-state index contributed by atoms with van der Waals surface area (Å²) >= 11 is 0. The van der Waals surface area contributed by atoms with Gasteiger partial charge in [-0.1, -0.05) is 13.2 Å². The largest absolute Gasteiger partial charge is 0.506 e. The molecule has 0 heterocycles. The van der Waals surface area contributed by atoms with Gasteiger partial charge < -0.3 is 10.8 Å². The molecule has 5 nitrogen and oxygen atoms in total. The van der Waals surface area contributed by atoms with Crippen LogP contribution in [0, 0.1) is 10.1 Å². The molecule has 0 aromatic rings. The van der Waals surface area contributed by atoms with Crippen LogP contribution in [0.25, 0.3) is 0 Å². The fourth-order valence-corrected chi connectivity index (χ4v) is 0.431. The summed E-state index contributed by atoms with van der Waals surface area (Å²) in [4.78, 5) is 9.37. The SMILES string of the molecule is C=C/C(=C(/N)C(=C)O)[N+](=O)[O-]. The summed E-state index contributed by atoms with van der Waals surface area (Å²) in [5, 5.41) is 18.8. The molecule has 0 aliphatic carbocycles. The van der Waals surface area contributed by atoms with Crippen molar-refractivity contribution in [2.75, 3.05) is 0 Å². The average molecular weight is 156 g/mol. The first-order valence-electron chi connectivity index (χ1n) is 2.65. The molecule has 0 atom stereocenters. The molecule has 0 bridgehead atoms. The third-order valence-corrected chi connectivity index (χ3v) is 0.977. The van der Waals surface area contributed by atoms with Gasteiger partial charge in [-0.2, -0.15) is 0 Å². The molecule has 0 aromatic carbocycles. The molecule has 3 N–H and O–H groups in total. The highest BCUT2D eigenvalue weighted by Gasteiger charge is 2.13. The molecule has 60 valence electrons. The van der Waals surface area contributed by atoms with E-state index in [1.807, 2.05) is 0 Å². The van der Waals surface area contributed by atoms with Gasteiger partial charge in [-0.05, 0) is 0 Å². The lowest BCUT2D eigenvalue weighted by molar-refractivity contribution is -0.420. The number of nitrogens with two attached hydrogens (primary N) is 1. The first kappa shape index (κ1) is 9.22. The highest BCUT2D eigenvalue weighted by Crippen LogP contribution is 2.06. The Hall–Kier alpha value is -1.78. The van der Waals surface area contributed by atoms with Crippen molar-refractivity contribution in [3.8, 4) is 0 Å². The van der Waals surface area contributed by atoms with E-state index in [1.165, 1.54) is 0 Å². The van der Waals surface area contributed by atoms with Crippen LogP contribution < -0.4 is 5.73 Å². The van der Waals surface area contributed by atoms with Gasteiger partial charge in [-0.25, -0.2) is 0 Å². The maximum atomic E-state index is 10.1. The van der Waals surface area contributed by atoms with E-state index in [1.54, 1.807) is 0 Å². The van der Waals surface area contributed by atoms with Crippen LogP contribution in [0.3, 0.4) is 0 Å². The summed E-state index contributed by atoms with van der Waals surface area (Å²) in [6.45, 7) is 6.18. The molecule has 0 saturated carbocycles. The third kappa shape index (κ3) is 2.13. The maximum absolute atomic E-state index is 10.1. The minimum absolute atomic E-state index is 0.370. The van der Waals surface area contributed by atoms with Gasteiger partial charge in [0.05, 0.1) is 4.92 Å². The van der Waals surface area contributed by atoms with Crippen LogP contribution in [-0.2, 0) is 0 Å². The zero-order chi connectivity index (χ0) is 9.02. The third-order valence-electron chi connectivity index (χ3n) is 0.977. The van der Waals surface area contributed by atoms with Crippen LogP contribution in [0.5, 0.6) is 0 Å². The van der Waals surface area contributed by atoms with Crippen LogP contribution in [-0.4, -0.2) is 10.0 Å². The van der Waals surface area contributed by atoms with E-state index in [-0.39, 0.29) is 5.70 Å². The molecule has 0 aliphatic rings. The Morgan fingerprint density at radius 3 is 2.27 bits per heavy atom. The van der Waals surface area contributed by atoms with Crippen LogP contribution >= 0.6 is 0 Å². The van der Waals surface area contributed by atoms with Crippen LogP contribution in [0.1, 0.15) is 0 Å². The predicted molar refractivity (Wildman–Crippen MR) is 40.2 cm³/mol. The zero-order valence-electron chi connectivity index (χ0n) is 5.78. The Bertz CT molecular complexity index is 242. The monoisotopic (exact) mass is 156 g/mol. The first-order valence-corrected chi connectivity index (χ1v) is 2.65. The van der Waals surface area contributed by atoms with Gasteiger partial charge in [0.1, 0.15) is 5.76 Å². The molecular formula is C6H8N2O3. The van der Waals surface area contributed by atoms with Crippen molar-refractivity contribution < 1.29 is 10.0 Å². The summed E-state index contributed by atoms with van der Waals surface area (Å²) in [6.07, 6.45) is 0.941. The van der Waals surface area contributed by atoms with E-state index in [9.17, 15) is 10.1 Å². The molecule has 0 aromatic heterocycles. The van der Waals surface area contributed by atoms with E-state index in [0.717, 1.165) is 6.08 Å². The minimum Gasteiger partial charge on any atom is -0.506 e. The van der Waals surface area contributed by atoms with E-state index in [0.29, 0.717) is 0 Å². The Morgan fingerprint density at radius 1 is 1.73 bits per heavy atom. The molecule has 0 radical (unpaired) electrons. The minimum atomic E-state index is -0.746. The Balaban J connectivity index is 4.99. The topological polar surface area (TPSA) is 89.4 Å². The summed E-state index contributed by atoms with van der Waals surface area (Å²) < 4.78 is 0. The van der Waals surface area contributed by atoms with E-state index in [4.69, 9.17) is 10.8 Å². The van der Waals surface area contributed by atoms with Crippen molar-refractivity contribution in [2.45, 2.75) is 0 Å². The van der Waals surface area contributed by atoms with Gasteiger partial charge in [-0.3, -0.25) is 10.1 Å². The summed E-state index contributed by atoms with van der Waals surface area (Å²) in [5.41, 5.74) is 4.27. The average Bonchev–Trinajstić information content (AvgIpc) is 1.88. The van der Waals surface area contributed by atoms with Crippen LogP contribution in [0.2, 0.25) is 0 Å². The Labute approximate surface area is 63.3 Å². The summed E-state index contributed by atoms with van der Waals surface area (Å²) in [7, 11) is 0. The van der Waals surface area contributed by atoms with Crippen molar-refractivity contribution in [1.29, 1.82) is 0 Å². The molecule has 0 saturated heterocycles. The normalized spacial score (nSPS) is 11.6. The number of aliphatic hydroxyl groups is 1. The number of hydrogen-bond acceptors (Lipinski definition) is 4. The summed E-state index contributed by atoms with van der Waals surface area (Å²) in [6, 6.07) is 0. The molecule has 0 aliphatic heterocycles. The number of allylic oxidation sites excluding steroid dienone is 1. The Morgan fingerprint density at radius 2 is 2.18 bits per heavy atom. The standard InChI is InChI=1S/C6H8N2O3/c1-3-5(8(10)11)6(7)4(2)9/h3,9H,1-2,7H2/b6-5-. The molecule has 0 fully saturated rings. The number of rotatable bonds is 3. The van der Waals surface area contributed by atoms with Crippen molar-refractivity contribution in [2.24, 2.45) is 5.73 Å². The fourth-order valence-electron chi connectivity index (χ4n) is 0.431. The van der Waals surface area contributed by atoms with Gasteiger partial charge in [0.2, 0.25) is 0 Å². The van der Waals surface area contributed by atoms with Gasteiger partial charge in [-0.15, -0.1) is 0 Å². The number of nitrogens with zero attached hydrogens (tertiary/aromatic N) is 1. The molecule has 11 heavy (non-hydrogen) atoms. The molecule has 0 unspecified atom stereocenters. The first-order chi connectivity index (χ1) is 5.00. The fraction of sp³-hybridized carbons (Fsp3) is 0. The molecule has 0 rings (SSSR count). The van der Waals surface area contributed by atoms with Crippen molar-refractivity contribution in [3.05, 3.63) is 46.5 Å². The molecule has 0 amide bonds. The van der Waals surface area contributed by atoms with Gasteiger partial charge in [0.25, 0.3) is 5.70 Å². The highest BCUT2D eigenvalue weighted by atomic mass is 16.6. The van der Waals surface area contributed by atoms with Gasteiger partial charge >= 0.3 is 0 Å². The Kier molecular flexibility index (Phi) is 2.85. The van der Waals surface area contributed by atoms with Crippen molar-refractivity contribution in [1.82, 2.24) is 0 Å². The van der Waals surface area contributed by atoms with E-state index >= 15 is 0 Å². The number of hydrogen-bond donors (Lipinski definition) is 2. The zero-order valence-corrected chi connectivity index (χ0v) is 5.78. The second-order valence-corrected chi connectivity index (χ2v) is 1.71. The second kappa shape index (κ2) is 3.40. The lowest BCUT2D eigenvalue weighted by atomic mass is 10.3. The van der Waals surface area contributed by atoms with Crippen molar-refractivity contribution in [3.63, 3.8) is 0 Å². The van der Waals surface area contributed by atoms with Crippen molar-refractivity contribution >= 4 is 0 Å². The van der Waals surface area contributed by atoms with Crippen LogP contribution in [0.15, 0.2) is 36.4 Å². The lowest BCUT2D eigenvalue weighted by Crippen LogP contribution is -2.09. The second-order valence-electron chi connectivity index (χ2n) is 1.71. The predicted octanol–water partition coefficient (Wildman–Crippen LogP) is 0.691. The van der Waals surface area contributed by atoms with Gasteiger partial charge in [0.15, 0.2) is 5.70 Å². The number of aliphatic hydroxyl groups excluding tert-OH is 1. The quantitative estimate of drug-likeness (QED) is 0.272.